The van der Waals surface area contributed by atoms with Crippen molar-refractivity contribution in [1.82, 2.24) is 9.88 Å². The van der Waals surface area contributed by atoms with Gasteiger partial charge in [-0.1, -0.05) is 24.3 Å². The number of aromatic nitrogens is 1. The molecule has 3 rings (SSSR count). The number of halogens is 3. The first-order chi connectivity index (χ1) is 11.8. The van der Waals surface area contributed by atoms with Crippen LogP contribution >= 0.6 is 0 Å². The predicted molar refractivity (Wildman–Crippen MR) is 89.8 cm³/mol. The van der Waals surface area contributed by atoms with Gasteiger partial charge in [0.05, 0.1) is 0 Å². The molecule has 130 valence electrons. The van der Waals surface area contributed by atoms with E-state index in [0.29, 0.717) is 22.6 Å². The van der Waals surface area contributed by atoms with E-state index >= 15 is 0 Å². The standard InChI is InChI=1S/C17H15F3N4O/c18-17(19,20)9-24-7-1-2-13(16(24)25)11-3-5-12(6-4-11)14-8-15(21)23-10-22-14/h1-8,22H,9-10H2,(H2,21,23). The van der Waals surface area contributed by atoms with Crippen LogP contribution in [0.1, 0.15) is 5.56 Å². The third kappa shape index (κ3) is 3.90. The molecule has 0 atom stereocenters. The summed E-state index contributed by atoms with van der Waals surface area (Å²) < 4.78 is 38.3. The molecule has 0 amide bonds. The highest BCUT2D eigenvalue weighted by Gasteiger charge is 2.28. The van der Waals surface area contributed by atoms with Gasteiger partial charge >= 0.3 is 6.18 Å². The number of rotatable bonds is 3. The number of hydrogen-bond acceptors (Lipinski definition) is 4. The van der Waals surface area contributed by atoms with Crippen LogP contribution in [0.2, 0.25) is 0 Å². The van der Waals surface area contributed by atoms with Crippen molar-refractivity contribution in [1.29, 1.82) is 0 Å². The van der Waals surface area contributed by atoms with Gasteiger partial charge in [0.1, 0.15) is 19.0 Å². The average Bonchev–Trinajstić information content (AvgIpc) is 2.56. The smallest absolute Gasteiger partial charge is 0.384 e. The number of pyridine rings is 1. The third-order valence-corrected chi connectivity index (χ3v) is 3.70. The molecule has 0 spiro atoms. The summed E-state index contributed by atoms with van der Waals surface area (Å²) in [5.74, 6) is 0.413. The van der Waals surface area contributed by atoms with Crippen LogP contribution in [0.5, 0.6) is 0 Å². The molecule has 8 heteroatoms. The van der Waals surface area contributed by atoms with Crippen molar-refractivity contribution in [3.63, 3.8) is 0 Å². The molecular formula is C17H15F3N4O. The number of hydrogen-bond donors (Lipinski definition) is 2. The first kappa shape index (κ1) is 16.8. The topological polar surface area (TPSA) is 72.4 Å². The molecule has 1 aliphatic heterocycles. The van der Waals surface area contributed by atoms with Crippen molar-refractivity contribution in [2.45, 2.75) is 12.7 Å². The Hall–Kier alpha value is -3.03. The summed E-state index contributed by atoms with van der Waals surface area (Å²) in [5.41, 5.74) is 7.38. The summed E-state index contributed by atoms with van der Waals surface area (Å²) in [5, 5.41) is 3.07. The molecule has 1 aromatic heterocycles. The van der Waals surface area contributed by atoms with Crippen LogP contribution in [-0.2, 0) is 6.54 Å². The molecule has 25 heavy (non-hydrogen) atoms. The van der Waals surface area contributed by atoms with Crippen LogP contribution in [0, 0.1) is 0 Å². The van der Waals surface area contributed by atoms with Crippen molar-refractivity contribution >= 4 is 11.5 Å². The molecule has 0 bridgehead atoms. The van der Waals surface area contributed by atoms with E-state index in [1.54, 1.807) is 30.3 Å². The van der Waals surface area contributed by atoms with Gasteiger partial charge in [-0.15, -0.1) is 0 Å². The van der Waals surface area contributed by atoms with E-state index in [-0.39, 0.29) is 5.56 Å². The number of alkyl halides is 3. The first-order valence-corrected chi connectivity index (χ1v) is 7.46. The first-order valence-electron chi connectivity index (χ1n) is 7.46. The number of aliphatic imine (C=N–C) groups is 1. The lowest BCUT2D eigenvalue weighted by molar-refractivity contribution is -0.141. The second kappa shape index (κ2) is 6.46. The zero-order valence-corrected chi connectivity index (χ0v) is 13.0. The molecule has 1 aromatic carbocycles. The number of nitrogens with two attached hydrogens (primary N) is 1. The summed E-state index contributed by atoms with van der Waals surface area (Å²) in [6.07, 6.45) is -1.63. The molecule has 2 aromatic rings. The molecule has 0 saturated heterocycles. The highest BCUT2D eigenvalue weighted by atomic mass is 19.4. The van der Waals surface area contributed by atoms with Gasteiger partial charge in [0.25, 0.3) is 5.56 Å². The summed E-state index contributed by atoms with van der Waals surface area (Å²) in [7, 11) is 0. The van der Waals surface area contributed by atoms with Gasteiger partial charge in [-0.2, -0.15) is 13.2 Å². The minimum Gasteiger partial charge on any atom is -0.384 e. The number of nitrogens with one attached hydrogen (secondary N) is 1. The van der Waals surface area contributed by atoms with Crippen LogP contribution in [0.15, 0.2) is 58.5 Å². The van der Waals surface area contributed by atoms with Gasteiger partial charge in [0.2, 0.25) is 0 Å². The van der Waals surface area contributed by atoms with Crippen LogP contribution < -0.4 is 16.6 Å². The molecule has 2 heterocycles. The summed E-state index contributed by atoms with van der Waals surface area (Å²) >= 11 is 0. The lowest BCUT2D eigenvalue weighted by Gasteiger charge is -2.14. The maximum atomic E-state index is 12.6. The lowest BCUT2D eigenvalue weighted by Crippen LogP contribution is -2.28. The highest BCUT2D eigenvalue weighted by molar-refractivity contribution is 5.98. The summed E-state index contributed by atoms with van der Waals surface area (Å²) in [4.78, 5) is 16.3. The zero-order valence-electron chi connectivity index (χ0n) is 13.0. The van der Waals surface area contributed by atoms with Crippen LogP contribution in [-0.4, -0.2) is 23.2 Å². The Morgan fingerprint density at radius 3 is 2.48 bits per heavy atom. The molecule has 0 saturated carbocycles. The van der Waals surface area contributed by atoms with Gasteiger partial charge in [-0.25, -0.2) is 4.99 Å². The molecule has 1 aliphatic rings. The van der Waals surface area contributed by atoms with Gasteiger partial charge in [0.15, 0.2) is 0 Å². The van der Waals surface area contributed by atoms with Crippen LogP contribution in [0.3, 0.4) is 0 Å². The average molecular weight is 348 g/mol. The largest absolute Gasteiger partial charge is 0.406 e. The molecule has 0 unspecified atom stereocenters. The maximum absolute atomic E-state index is 12.6. The van der Waals surface area contributed by atoms with E-state index in [9.17, 15) is 18.0 Å². The molecule has 0 radical (unpaired) electrons. The quantitative estimate of drug-likeness (QED) is 0.894. The molecule has 5 nitrogen and oxygen atoms in total. The molecule has 3 N–H and O–H groups in total. The van der Waals surface area contributed by atoms with E-state index in [0.717, 1.165) is 17.5 Å². The Morgan fingerprint density at radius 2 is 1.84 bits per heavy atom. The maximum Gasteiger partial charge on any atom is 0.406 e. The van der Waals surface area contributed by atoms with E-state index in [1.165, 1.54) is 12.1 Å². The fraction of sp³-hybridized carbons (Fsp3) is 0.176. The van der Waals surface area contributed by atoms with Gasteiger partial charge in [-0.05, 0) is 23.3 Å². The number of amidine groups is 1. The van der Waals surface area contributed by atoms with Gasteiger partial charge in [0, 0.05) is 23.5 Å². The zero-order chi connectivity index (χ0) is 18.0. The second-order valence-corrected chi connectivity index (χ2v) is 5.52. The predicted octanol–water partition coefficient (Wildman–Crippen LogP) is 2.34. The number of benzene rings is 1. The van der Waals surface area contributed by atoms with E-state index < -0.39 is 18.3 Å². The van der Waals surface area contributed by atoms with E-state index in [4.69, 9.17) is 5.73 Å². The lowest BCUT2D eigenvalue weighted by atomic mass is 10.0. The Morgan fingerprint density at radius 1 is 1.16 bits per heavy atom. The normalized spacial score (nSPS) is 14.5. The molecular weight excluding hydrogens is 333 g/mol. The Kier molecular flexibility index (Phi) is 4.35. The Labute approximate surface area is 141 Å². The fourth-order valence-electron chi connectivity index (χ4n) is 2.55. The monoisotopic (exact) mass is 348 g/mol. The third-order valence-electron chi connectivity index (χ3n) is 3.70. The van der Waals surface area contributed by atoms with Gasteiger partial charge < -0.3 is 15.6 Å². The Bertz CT molecular complexity index is 895. The summed E-state index contributed by atoms with van der Waals surface area (Å²) in [6, 6.07) is 9.86. The van der Waals surface area contributed by atoms with Crippen LogP contribution in [0.25, 0.3) is 16.8 Å². The minimum atomic E-state index is -4.45. The number of nitrogens with zero attached hydrogens (tertiary/aromatic N) is 2. The highest BCUT2D eigenvalue weighted by Crippen LogP contribution is 2.21. The van der Waals surface area contributed by atoms with Gasteiger partial charge in [-0.3, -0.25) is 4.79 Å². The van der Waals surface area contributed by atoms with Crippen molar-refractivity contribution in [3.8, 4) is 11.1 Å². The Balaban J connectivity index is 1.92. The van der Waals surface area contributed by atoms with Crippen LogP contribution in [0.4, 0.5) is 13.2 Å². The van der Waals surface area contributed by atoms with Crippen molar-refractivity contribution in [2.75, 3.05) is 6.67 Å². The molecule has 0 aliphatic carbocycles. The van der Waals surface area contributed by atoms with Crippen molar-refractivity contribution in [3.05, 3.63) is 64.6 Å². The van der Waals surface area contributed by atoms with Crippen molar-refractivity contribution in [2.24, 2.45) is 10.7 Å². The van der Waals surface area contributed by atoms with Crippen molar-refractivity contribution < 1.29 is 13.2 Å². The second-order valence-electron chi connectivity index (χ2n) is 5.52. The SMILES string of the molecule is NC1=NCNC(c2ccc(-c3cccn(CC(F)(F)F)c3=O)cc2)=C1. The van der Waals surface area contributed by atoms with E-state index in [1.807, 2.05) is 0 Å². The minimum absolute atomic E-state index is 0.213. The molecule has 0 fully saturated rings. The van der Waals surface area contributed by atoms with E-state index in [2.05, 4.69) is 10.3 Å². The summed E-state index contributed by atoms with van der Waals surface area (Å²) in [6.45, 7) is -0.937. The fourth-order valence-corrected chi connectivity index (χ4v) is 2.55.